The quantitative estimate of drug-likeness (QED) is 0.642. The molecule has 0 N–H and O–H groups in total. The minimum Gasteiger partial charge on any atom is -0.122 e. The summed E-state index contributed by atoms with van der Waals surface area (Å²) in [5.74, 6) is 0. The molecule has 2 heteroatoms. The Morgan fingerprint density at radius 1 is 1.19 bits per heavy atom. The second kappa shape index (κ2) is 5.93. The lowest BCUT2D eigenvalue weighted by atomic mass is 9.88. The van der Waals surface area contributed by atoms with E-state index in [4.69, 9.17) is 23.2 Å². The minimum absolute atomic E-state index is 0.183. The van der Waals surface area contributed by atoms with Crippen LogP contribution in [-0.2, 0) is 6.42 Å². The molecule has 1 unspecified atom stereocenters. The van der Waals surface area contributed by atoms with E-state index < -0.39 is 0 Å². The third-order valence-electron chi connectivity index (χ3n) is 2.80. The predicted octanol–water partition coefficient (Wildman–Crippen LogP) is 5.32. The zero-order chi connectivity index (χ0) is 12.2. The standard InChI is InChI=1S/C14H20Cl2/c1-14(2,3)13(16)10-6-8-11-7-4-5-9-12(11)15/h4-5,7,9,13H,6,8,10H2,1-3H3. The van der Waals surface area contributed by atoms with Gasteiger partial charge in [0.2, 0.25) is 0 Å². The fourth-order valence-electron chi connectivity index (χ4n) is 1.61. The van der Waals surface area contributed by atoms with Gasteiger partial charge < -0.3 is 0 Å². The van der Waals surface area contributed by atoms with Crippen LogP contribution in [-0.4, -0.2) is 5.38 Å². The normalized spacial score (nSPS) is 13.8. The highest BCUT2D eigenvalue weighted by atomic mass is 35.5. The lowest BCUT2D eigenvalue weighted by molar-refractivity contribution is 0.369. The number of hydrogen-bond acceptors (Lipinski definition) is 0. The minimum atomic E-state index is 0.183. The summed E-state index contributed by atoms with van der Waals surface area (Å²) in [4.78, 5) is 0. The van der Waals surface area contributed by atoms with E-state index in [0.717, 1.165) is 24.3 Å². The zero-order valence-corrected chi connectivity index (χ0v) is 11.8. The van der Waals surface area contributed by atoms with Crippen LogP contribution >= 0.6 is 23.2 Å². The maximum absolute atomic E-state index is 6.33. The third kappa shape index (κ3) is 4.35. The van der Waals surface area contributed by atoms with Crippen molar-refractivity contribution < 1.29 is 0 Å². The molecule has 0 aliphatic carbocycles. The van der Waals surface area contributed by atoms with Gasteiger partial charge in [-0.1, -0.05) is 50.6 Å². The highest BCUT2D eigenvalue weighted by Crippen LogP contribution is 2.29. The molecule has 0 aliphatic rings. The Bertz CT molecular complexity index is 326. The molecule has 0 saturated carbocycles. The van der Waals surface area contributed by atoms with Crippen LogP contribution in [0, 0.1) is 5.41 Å². The first-order valence-electron chi connectivity index (χ1n) is 5.79. The van der Waals surface area contributed by atoms with Gasteiger partial charge in [-0.05, 0) is 36.3 Å². The third-order valence-corrected chi connectivity index (χ3v) is 4.04. The smallest absolute Gasteiger partial charge is 0.0437 e. The van der Waals surface area contributed by atoms with Crippen LogP contribution in [0.25, 0.3) is 0 Å². The van der Waals surface area contributed by atoms with Crippen LogP contribution in [0.2, 0.25) is 5.02 Å². The lowest BCUT2D eigenvalue weighted by Crippen LogP contribution is -2.20. The second-order valence-corrected chi connectivity index (χ2v) is 6.25. The van der Waals surface area contributed by atoms with Gasteiger partial charge in [-0.3, -0.25) is 0 Å². The van der Waals surface area contributed by atoms with E-state index in [1.165, 1.54) is 5.56 Å². The molecule has 0 aromatic heterocycles. The molecule has 0 amide bonds. The van der Waals surface area contributed by atoms with Crippen LogP contribution in [0.3, 0.4) is 0 Å². The van der Waals surface area contributed by atoms with Crippen LogP contribution < -0.4 is 0 Å². The first kappa shape index (κ1) is 13.9. The molecule has 0 spiro atoms. The van der Waals surface area contributed by atoms with E-state index in [0.29, 0.717) is 0 Å². The lowest BCUT2D eigenvalue weighted by Gasteiger charge is -2.25. The van der Waals surface area contributed by atoms with E-state index in [9.17, 15) is 0 Å². The summed E-state index contributed by atoms with van der Waals surface area (Å²) in [6.45, 7) is 6.54. The number of alkyl halides is 1. The van der Waals surface area contributed by atoms with Crippen molar-refractivity contribution in [3.8, 4) is 0 Å². The van der Waals surface area contributed by atoms with Gasteiger partial charge in [0, 0.05) is 10.4 Å². The average molecular weight is 259 g/mol. The molecule has 0 aliphatic heterocycles. The zero-order valence-electron chi connectivity index (χ0n) is 10.3. The van der Waals surface area contributed by atoms with Crippen molar-refractivity contribution in [1.82, 2.24) is 0 Å². The highest BCUT2D eigenvalue weighted by molar-refractivity contribution is 6.31. The molecule has 0 nitrogen and oxygen atoms in total. The Kier molecular flexibility index (Phi) is 5.14. The summed E-state index contributed by atoms with van der Waals surface area (Å²) in [5, 5.41) is 1.10. The van der Waals surface area contributed by atoms with Crippen molar-refractivity contribution in [3.05, 3.63) is 34.9 Å². The van der Waals surface area contributed by atoms with E-state index >= 15 is 0 Å². The summed E-state index contributed by atoms with van der Waals surface area (Å²) in [5.41, 5.74) is 1.41. The number of rotatable bonds is 4. The number of benzene rings is 1. The van der Waals surface area contributed by atoms with Gasteiger partial charge in [-0.2, -0.15) is 0 Å². The van der Waals surface area contributed by atoms with Crippen LogP contribution in [0.1, 0.15) is 39.2 Å². The SMILES string of the molecule is CC(C)(C)C(Cl)CCCc1ccccc1Cl. The van der Waals surface area contributed by atoms with Crippen LogP contribution in [0.4, 0.5) is 0 Å². The van der Waals surface area contributed by atoms with Crippen LogP contribution in [0.15, 0.2) is 24.3 Å². The molecule has 16 heavy (non-hydrogen) atoms. The molecule has 0 bridgehead atoms. The molecular weight excluding hydrogens is 239 g/mol. The molecule has 0 saturated heterocycles. The summed E-state index contributed by atoms with van der Waals surface area (Å²) < 4.78 is 0. The fraction of sp³-hybridized carbons (Fsp3) is 0.571. The van der Waals surface area contributed by atoms with Gasteiger partial charge in [0.05, 0.1) is 0 Å². The van der Waals surface area contributed by atoms with Gasteiger partial charge in [-0.25, -0.2) is 0 Å². The second-order valence-electron chi connectivity index (χ2n) is 5.32. The Balaban J connectivity index is 2.40. The van der Waals surface area contributed by atoms with Crippen molar-refractivity contribution in [2.24, 2.45) is 5.41 Å². The highest BCUT2D eigenvalue weighted by Gasteiger charge is 2.21. The molecule has 1 aromatic carbocycles. The van der Waals surface area contributed by atoms with E-state index in [-0.39, 0.29) is 10.8 Å². The molecule has 1 atom stereocenters. The maximum atomic E-state index is 6.33. The van der Waals surface area contributed by atoms with Crippen molar-refractivity contribution in [2.45, 2.75) is 45.4 Å². The number of aryl methyl sites for hydroxylation is 1. The fourth-order valence-corrected chi connectivity index (χ4v) is 1.99. The van der Waals surface area contributed by atoms with Gasteiger partial charge in [0.15, 0.2) is 0 Å². The van der Waals surface area contributed by atoms with E-state index in [1.54, 1.807) is 0 Å². The Morgan fingerprint density at radius 2 is 1.81 bits per heavy atom. The van der Waals surface area contributed by atoms with Crippen molar-refractivity contribution in [1.29, 1.82) is 0 Å². The molecule has 0 heterocycles. The van der Waals surface area contributed by atoms with Gasteiger partial charge in [0.25, 0.3) is 0 Å². The van der Waals surface area contributed by atoms with Crippen LogP contribution in [0.5, 0.6) is 0 Å². The molecule has 0 radical (unpaired) electrons. The Morgan fingerprint density at radius 3 is 2.38 bits per heavy atom. The Hall–Kier alpha value is -0.200. The predicted molar refractivity (Wildman–Crippen MR) is 73.5 cm³/mol. The summed E-state index contributed by atoms with van der Waals surface area (Å²) in [7, 11) is 0. The van der Waals surface area contributed by atoms with E-state index in [2.05, 4.69) is 26.8 Å². The van der Waals surface area contributed by atoms with Crippen molar-refractivity contribution in [2.75, 3.05) is 0 Å². The molecule has 90 valence electrons. The first-order valence-corrected chi connectivity index (χ1v) is 6.60. The van der Waals surface area contributed by atoms with E-state index in [1.807, 2.05) is 18.2 Å². The summed E-state index contributed by atoms with van der Waals surface area (Å²) in [6.07, 6.45) is 3.14. The van der Waals surface area contributed by atoms with Gasteiger partial charge >= 0.3 is 0 Å². The number of hydrogen-bond donors (Lipinski definition) is 0. The summed E-state index contributed by atoms with van der Waals surface area (Å²) in [6, 6.07) is 8.02. The van der Waals surface area contributed by atoms with Crippen molar-refractivity contribution >= 4 is 23.2 Å². The topological polar surface area (TPSA) is 0 Å². The largest absolute Gasteiger partial charge is 0.122 e. The number of halogens is 2. The molecule has 1 rings (SSSR count). The van der Waals surface area contributed by atoms with Gasteiger partial charge in [0.1, 0.15) is 0 Å². The first-order chi connectivity index (χ1) is 7.41. The summed E-state index contributed by atoms with van der Waals surface area (Å²) >= 11 is 12.4. The Labute approximate surface area is 109 Å². The molecule has 1 aromatic rings. The monoisotopic (exact) mass is 258 g/mol. The van der Waals surface area contributed by atoms with Gasteiger partial charge in [-0.15, -0.1) is 11.6 Å². The van der Waals surface area contributed by atoms with Crippen molar-refractivity contribution in [3.63, 3.8) is 0 Å². The average Bonchev–Trinajstić information content (AvgIpc) is 2.19. The molecular formula is C14H20Cl2. The molecule has 0 fully saturated rings. The maximum Gasteiger partial charge on any atom is 0.0437 e.